The van der Waals surface area contributed by atoms with Gasteiger partial charge in [0, 0.05) is 18.2 Å². The maximum atomic E-state index is 13.8. The number of nitrogens with zero attached hydrogens (tertiary/aromatic N) is 5. The molecule has 0 bridgehead atoms. The molecule has 12 heteroatoms. The number of nitrogens with two attached hydrogens (primary N) is 1. The monoisotopic (exact) mass is 504 g/mol. The van der Waals surface area contributed by atoms with Gasteiger partial charge < -0.3 is 10.6 Å². The number of benzene rings is 1. The Balaban J connectivity index is 1.71. The third-order valence-electron chi connectivity index (χ3n) is 6.00. The maximum absolute atomic E-state index is 13.8. The van der Waals surface area contributed by atoms with Gasteiger partial charge in [0.05, 0.1) is 24.1 Å². The number of aromatic nitrogens is 3. The van der Waals surface area contributed by atoms with Crippen molar-refractivity contribution in [2.75, 3.05) is 23.7 Å². The molecule has 2 aromatic heterocycles. The molecule has 4 N–H and O–H groups in total. The summed E-state index contributed by atoms with van der Waals surface area (Å²) in [6.07, 6.45) is -2.37. The number of fused-ring (bicyclic) bond motifs is 1. The number of rotatable bonds is 10. The highest BCUT2D eigenvalue weighted by atomic mass is 19.4. The highest BCUT2D eigenvalue weighted by Crippen LogP contribution is 2.51. The number of anilines is 2. The second-order valence-electron chi connectivity index (χ2n) is 8.73. The molecule has 0 aliphatic heterocycles. The molecule has 1 saturated carbocycles. The Labute approximate surface area is 206 Å². The van der Waals surface area contributed by atoms with Crippen molar-refractivity contribution in [1.82, 2.24) is 20.0 Å². The number of hydrogen-bond donors (Lipinski definition) is 3. The molecule has 3 aromatic rings. The summed E-state index contributed by atoms with van der Waals surface area (Å²) in [5, 5.41) is 7.21. The Kier molecular flexibility index (Phi) is 7.25. The van der Waals surface area contributed by atoms with Crippen molar-refractivity contribution >= 4 is 29.1 Å². The normalized spacial score (nSPS) is 15.8. The van der Waals surface area contributed by atoms with Crippen LogP contribution in [0.1, 0.15) is 33.1 Å². The molecular formula is C24H28F4N8. The highest BCUT2D eigenvalue weighted by Gasteiger charge is 2.64. The summed E-state index contributed by atoms with van der Waals surface area (Å²) in [5.74, 6) is 5.70. The minimum Gasteiger partial charge on any atom is -0.354 e. The quantitative estimate of drug-likeness (QED) is 0.120. The summed E-state index contributed by atoms with van der Waals surface area (Å²) in [5.41, 5.74) is -0.404. The van der Waals surface area contributed by atoms with Crippen LogP contribution in [0.2, 0.25) is 0 Å². The van der Waals surface area contributed by atoms with Gasteiger partial charge in [0.25, 0.3) is 0 Å². The van der Waals surface area contributed by atoms with Gasteiger partial charge in [-0.3, -0.25) is 10.0 Å². The first kappa shape index (κ1) is 25.5. The second kappa shape index (κ2) is 10.2. The molecule has 4 rings (SSSR count). The van der Waals surface area contributed by atoms with Crippen molar-refractivity contribution in [1.29, 1.82) is 0 Å². The lowest BCUT2D eigenvalue weighted by Gasteiger charge is -2.24. The number of halogens is 4. The molecule has 0 spiro atoms. The molecule has 1 atom stereocenters. The molecular weight excluding hydrogens is 476 g/mol. The summed E-state index contributed by atoms with van der Waals surface area (Å²) < 4.78 is 54.7. The van der Waals surface area contributed by atoms with Crippen molar-refractivity contribution < 1.29 is 17.6 Å². The molecule has 1 aliphatic rings. The van der Waals surface area contributed by atoms with Gasteiger partial charge in [0.1, 0.15) is 16.9 Å². The molecule has 1 unspecified atom stereocenters. The average molecular weight is 505 g/mol. The van der Waals surface area contributed by atoms with E-state index in [4.69, 9.17) is 5.84 Å². The molecule has 192 valence electrons. The zero-order chi connectivity index (χ0) is 25.9. The van der Waals surface area contributed by atoms with Gasteiger partial charge in [-0.1, -0.05) is 6.92 Å². The summed E-state index contributed by atoms with van der Waals surface area (Å²) in [7, 11) is 0. The fourth-order valence-corrected chi connectivity index (χ4v) is 3.73. The lowest BCUT2D eigenvalue weighted by Crippen LogP contribution is -2.40. The van der Waals surface area contributed by atoms with Crippen LogP contribution in [0.25, 0.3) is 22.3 Å². The molecule has 0 saturated heterocycles. The van der Waals surface area contributed by atoms with E-state index < -0.39 is 17.5 Å². The topological polar surface area (TPSA) is 104 Å². The Hall–Kier alpha value is -3.54. The van der Waals surface area contributed by atoms with Gasteiger partial charge in [-0.05, 0) is 62.6 Å². The smallest absolute Gasteiger partial charge is 0.354 e. The van der Waals surface area contributed by atoms with E-state index in [9.17, 15) is 17.6 Å². The van der Waals surface area contributed by atoms with Crippen LogP contribution >= 0.6 is 0 Å². The van der Waals surface area contributed by atoms with Crippen molar-refractivity contribution in [2.45, 2.75) is 50.9 Å². The Morgan fingerprint density at radius 3 is 2.44 bits per heavy atom. The van der Waals surface area contributed by atoms with Crippen LogP contribution < -0.4 is 16.5 Å². The first-order valence-electron chi connectivity index (χ1n) is 11.7. The third kappa shape index (κ3) is 5.64. The minimum atomic E-state index is -4.45. The number of aliphatic imine (C=N–C) groups is 1. The van der Waals surface area contributed by atoms with Crippen molar-refractivity contribution in [3.8, 4) is 11.3 Å². The van der Waals surface area contributed by atoms with Crippen LogP contribution in [0.15, 0.2) is 41.4 Å². The van der Waals surface area contributed by atoms with Gasteiger partial charge in [-0.25, -0.2) is 20.2 Å². The summed E-state index contributed by atoms with van der Waals surface area (Å²) >= 11 is 0. The van der Waals surface area contributed by atoms with Crippen LogP contribution in [-0.4, -0.2) is 57.1 Å². The van der Waals surface area contributed by atoms with E-state index in [1.165, 1.54) is 23.5 Å². The highest BCUT2D eigenvalue weighted by molar-refractivity contribution is 5.88. The number of pyridine rings is 1. The van der Waals surface area contributed by atoms with Crippen LogP contribution in [-0.2, 0) is 0 Å². The van der Waals surface area contributed by atoms with Crippen molar-refractivity contribution in [3.63, 3.8) is 0 Å². The predicted octanol–water partition coefficient (Wildman–Crippen LogP) is 4.75. The molecule has 0 amide bonds. The summed E-state index contributed by atoms with van der Waals surface area (Å²) in [6.45, 7) is 4.81. The molecule has 2 heterocycles. The fraction of sp³-hybridized carbons (Fsp3) is 0.417. The van der Waals surface area contributed by atoms with Crippen molar-refractivity contribution in [2.24, 2.45) is 10.8 Å². The van der Waals surface area contributed by atoms with E-state index in [0.29, 0.717) is 36.3 Å². The number of alkyl halides is 3. The van der Waals surface area contributed by atoms with Gasteiger partial charge in [0.15, 0.2) is 5.82 Å². The maximum Gasteiger partial charge on any atom is 0.411 e. The number of nitrogens with one attached hydrogen (secondary N) is 2. The molecule has 1 fully saturated rings. The SMILES string of the molecule is CCN=CN(N)CC(CC)Nc1nc(NC2(C(F)(F)F)CC2)c2nc(-c3ccc(F)cc3)ccc2n1. The lowest BCUT2D eigenvalue weighted by molar-refractivity contribution is -0.151. The standard InChI is InChI=1S/C24H28F4N8/c1-3-17(13-36(29)14-30-4-2)31-22-33-19-10-9-18(15-5-7-16(25)8-6-15)32-20(19)21(34-22)35-23(11-12-23)24(26,27)28/h5-10,14,17H,3-4,11-13,29H2,1-2H3,(H2,31,33,34,35). The van der Waals surface area contributed by atoms with E-state index >= 15 is 0 Å². The van der Waals surface area contributed by atoms with Crippen LogP contribution in [0.5, 0.6) is 0 Å². The van der Waals surface area contributed by atoms with Crippen LogP contribution in [0.3, 0.4) is 0 Å². The average Bonchev–Trinajstić information content (AvgIpc) is 3.63. The second-order valence-corrected chi connectivity index (χ2v) is 8.73. The van der Waals surface area contributed by atoms with Crippen molar-refractivity contribution in [3.05, 3.63) is 42.2 Å². The summed E-state index contributed by atoms with van der Waals surface area (Å²) in [4.78, 5) is 17.5. The Bertz CT molecular complexity index is 1230. The minimum absolute atomic E-state index is 0.0201. The third-order valence-corrected chi connectivity index (χ3v) is 6.00. The van der Waals surface area contributed by atoms with Gasteiger partial charge in [-0.2, -0.15) is 18.2 Å². The first-order chi connectivity index (χ1) is 17.1. The number of hydrazine groups is 1. The molecule has 1 aliphatic carbocycles. The lowest BCUT2D eigenvalue weighted by atomic mass is 10.1. The Morgan fingerprint density at radius 1 is 1.11 bits per heavy atom. The van der Waals surface area contributed by atoms with Gasteiger partial charge >= 0.3 is 6.18 Å². The van der Waals surface area contributed by atoms with Crippen LogP contribution in [0, 0.1) is 5.82 Å². The molecule has 1 aromatic carbocycles. The van der Waals surface area contributed by atoms with Gasteiger partial charge in [0.2, 0.25) is 5.95 Å². The van der Waals surface area contributed by atoms with Crippen LogP contribution in [0.4, 0.5) is 29.3 Å². The van der Waals surface area contributed by atoms with Gasteiger partial charge in [-0.15, -0.1) is 0 Å². The zero-order valence-electron chi connectivity index (χ0n) is 20.0. The zero-order valence-corrected chi connectivity index (χ0v) is 20.0. The van der Waals surface area contributed by atoms with E-state index in [0.717, 1.165) is 0 Å². The molecule has 36 heavy (non-hydrogen) atoms. The predicted molar refractivity (Wildman–Crippen MR) is 132 cm³/mol. The molecule has 8 nitrogen and oxygen atoms in total. The fourth-order valence-electron chi connectivity index (χ4n) is 3.73. The largest absolute Gasteiger partial charge is 0.411 e. The molecule has 0 radical (unpaired) electrons. The first-order valence-corrected chi connectivity index (χ1v) is 11.7. The van der Waals surface area contributed by atoms with E-state index in [1.54, 1.807) is 24.3 Å². The van der Waals surface area contributed by atoms with E-state index in [1.807, 2.05) is 13.8 Å². The number of hydrogen-bond acceptors (Lipinski definition) is 7. The Morgan fingerprint density at radius 2 is 1.83 bits per heavy atom. The van der Waals surface area contributed by atoms with E-state index in [2.05, 4.69) is 30.6 Å². The van der Waals surface area contributed by atoms with E-state index in [-0.39, 0.29) is 36.2 Å². The summed E-state index contributed by atoms with van der Waals surface area (Å²) in [6, 6.07) is 8.86.